The SMILES string of the molecule is Cc1cnc(Br)c(C)c1-n1c(C)c(N(C)C)c(O)cc1=O. The van der Waals surface area contributed by atoms with Gasteiger partial charge in [0.15, 0.2) is 0 Å². The third-order valence-electron chi connectivity index (χ3n) is 3.48. The highest BCUT2D eigenvalue weighted by molar-refractivity contribution is 9.10. The molecule has 0 saturated heterocycles. The van der Waals surface area contributed by atoms with E-state index in [1.807, 2.05) is 34.9 Å². The molecule has 2 heterocycles. The lowest BCUT2D eigenvalue weighted by molar-refractivity contribution is 0.472. The maximum Gasteiger partial charge on any atom is 0.259 e. The average Bonchev–Trinajstić information content (AvgIpc) is 2.37. The molecule has 2 aromatic rings. The molecule has 21 heavy (non-hydrogen) atoms. The van der Waals surface area contributed by atoms with E-state index < -0.39 is 0 Å². The molecule has 0 aliphatic carbocycles. The zero-order valence-corrected chi connectivity index (χ0v) is 14.3. The molecule has 0 fully saturated rings. The number of aryl methyl sites for hydroxylation is 1. The first kappa shape index (κ1) is 15.6. The summed E-state index contributed by atoms with van der Waals surface area (Å²) in [5.74, 6) is -0.0119. The minimum atomic E-state index is -0.264. The molecule has 2 aromatic heterocycles. The molecule has 0 radical (unpaired) electrons. The van der Waals surface area contributed by atoms with Crippen LogP contribution in [0.5, 0.6) is 5.75 Å². The van der Waals surface area contributed by atoms with Gasteiger partial charge in [0, 0.05) is 31.9 Å². The summed E-state index contributed by atoms with van der Waals surface area (Å²) in [5.41, 5.74) is 3.63. The van der Waals surface area contributed by atoms with E-state index in [1.165, 1.54) is 6.07 Å². The normalized spacial score (nSPS) is 10.8. The van der Waals surface area contributed by atoms with Gasteiger partial charge in [-0.1, -0.05) is 0 Å². The molecule has 112 valence electrons. The van der Waals surface area contributed by atoms with Gasteiger partial charge in [0.2, 0.25) is 0 Å². The van der Waals surface area contributed by atoms with Crippen molar-refractivity contribution in [1.82, 2.24) is 9.55 Å². The van der Waals surface area contributed by atoms with Crippen molar-refractivity contribution in [1.29, 1.82) is 0 Å². The lowest BCUT2D eigenvalue weighted by Gasteiger charge is -2.22. The van der Waals surface area contributed by atoms with Crippen molar-refractivity contribution in [2.24, 2.45) is 0 Å². The van der Waals surface area contributed by atoms with Crippen LogP contribution in [0.4, 0.5) is 5.69 Å². The first-order chi connectivity index (χ1) is 9.75. The molecule has 0 bridgehead atoms. The Labute approximate surface area is 132 Å². The molecule has 0 aliphatic rings. The number of rotatable bonds is 2. The van der Waals surface area contributed by atoms with Crippen LogP contribution >= 0.6 is 15.9 Å². The summed E-state index contributed by atoms with van der Waals surface area (Å²) < 4.78 is 2.32. The van der Waals surface area contributed by atoms with Gasteiger partial charge in [-0.3, -0.25) is 9.36 Å². The van der Waals surface area contributed by atoms with Crippen LogP contribution in [-0.2, 0) is 0 Å². The molecule has 0 spiro atoms. The topological polar surface area (TPSA) is 58.4 Å². The van der Waals surface area contributed by atoms with Crippen LogP contribution in [0.1, 0.15) is 16.8 Å². The first-order valence-corrected chi connectivity index (χ1v) is 7.30. The lowest BCUT2D eigenvalue weighted by Crippen LogP contribution is -2.25. The molecule has 6 heteroatoms. The molecule has 0 atom stereocenters. The Kier molecular flexibility index (Phi) is 4.09. The van der Waals surface area contributed by atoms with Crippen molar-refractivity contribution in [3.63, 3.8) is 0 Å². The minimum absolute atomic E-state index is 0.0119. The molecule has 0 amide bonds. The van der Waals surface area contributed by atoms with Crippen LogP contribution < -0.4 is 10.5 Å². The van der Waals surface area contributed by atoms with E-state index in [1.54, 1.807) is 15.7 Å². The number of halogens is 1. The van der Waals surface area contributed by atoms with E-state index in [0.717, 1.165) is 16.8 Å². The third-order valence-corrected chi connectivity index (χ3v) is 4.28. The number of hydrogen-bond donors (Lipinski definition) is 1. The molecule has 1 N–H and O–H groups in total. The van der Waals surface area contributed by atoms with Gasteiger partial charge in [-0.25, -0.2) is 4.98 Å². The highest BCUT2D eigenvalue weighted by Gasteiger charge is 2.18. The number of aromatic hydroxyl groups is 1. The van der Waals surface area contributed by atoms with Crippen LogP contribution in [0.2, 0.25) is 0 Å². The second kappa shape index (κ2) is 5.52. The Morgan fingerprint density at radius 1 is 1.29 bits per heavy atom. The zero-order valence-electron chi connectivity index (χ0n) is 12.7. The standard InChI is InChI=1S/C15H18BrN3O2/c1-8-7-17-15(16)9(2)13(8)19-10(3)14(18(4)5)11(20)6-12(19)21/h6-7,20H,1-5H3. The molecule has 5 nitrogen and oxygen atoms in total. The maximum atomic E-state index is 12.4. The number of aromatic nitrogens is 2. The predicted octanol–water partition coefficient (Wildman–Crippen LogP) is 2.69. The minimum Gasteiger partial charge on any atom is -0.505 e. The Hall–Kier alpha value is -1.82. The molecular formula is C15H18BrN3O2. The van der Waals surface area contributed by atoms with Crippen molar-refractivity contribution < 1.29 is 5.11 Å². The molecule has 0 unspecified atom stereocenters. The largest absolute Gasteiger partial charge is 0.505 e. The Bertz CT molecular complexity index is 766. The summed E-state index contributed by atoms with van der Waals surface area (Å²) in [6.07, 6.45) is 1.72. The van der Waals surface area contributed by atoms with Crippen LogP contribution in [-0.4, -0.2) is 28.8 Å². The van der Waals surface area contributed by atoms with E-state index in [-0.39, 0.29) is 11.3 Å². The van der Waals surface area contributed by atoms with Gasteiger partial charge in [-0.15, -0.1) is 0 Å². The third kappa shape index (κ3) is 2.55. The highest BCUT2D eigenvalue weighted by atomic mass is 79.9. The van der Waals surface area contributed by atoms with Crippen molar-refractivity contribution >= 4 is 21.6 Å². The van der Waals surface area contributed by atoms with Gasteiger partial charge in [-0.2, -0.15) is 0 Å². The van der Waals surface area contributed by atoms with E-state index in [0.29, 0.717) is 16.0 Å². The molecular weight excluding hydrogens is 334 g/mol. The molecule has 0 aliphatic heterocycles. The second-order valence-electron chi connectivity index (χ2n) is 5.24. The van der Waals surface area contributed by atoms with Crippen LogP contribution in [0.15, 0.2) is 21.7 Å². The average molecular weight is 352 g/mol. The van der Waals surface area contributed by atoms with E-state index >= 15 is 0 Å². The summed E-state index contributed by atoms with van der Waals surface area (Å²) in [7, 11) is 3.66. The Morgan fingerprint density at radius 2 is 1.90 bits per heavy atom. The number of pyridine rings is 2. The second-order valence-corrected chi connectivity index (χ2v) is 5.99. The zero-order chi connectivity index (χ0) is 15.9. The molecule has 0 saturated carbocycles. The first-order valence-electron chi connectivity index (χ1n) is 6.50. The van der Waals surface area contributed by atoms with Crippen molar-refractivity contribution in [3.8, 4) is 11.4 Å². The van der Waals surface area contributed by atoms with Gasteiger partial charge < -0.3 is 10.0 Å². The van der Waals surface area contributed by atoms with Crippen molar-refractivity contribution in [2.45, 2.75) is 20.8 Å². The van der Waals surface area contributed by atoms with Crippen molar-refractivity contribution in [2.75, 3.05) is 19.0 Å². The van der Waals surface area contributed by atoms with Crippen LogP contribution in [0.25, 0.3) is 5.69 Å². The summed E-state index contributed by atoms with van der Waals surface area (Å²) in [6, 6.07) is 1.25. The predicted molar refractivity (Wildman–Crippen MR) is 87.7 cm³/mol. The van der Waals surface area contributed by atoms with Gasteiger partial charge in [-0.05, 0) is 42.3 Å². The van der Waals surface area contributed by atoms with Crippen LogP contribution in [0.3, 0.4) is 0 Å². The van der Waals surface area contributed by atoms with Gasteiger partial charge in [0.05, 0.1) is 17.1 Å². The Balaban J connectivity index is 2.92. The van der Waals surface area contributed by atoms with E-state index in [2.05, 4.69) is 20.9 Å². The fourth-order valence-corrected chi connectivity index (χ4v) is 2.88. The quantitative estimate of drug-likeness (QED) is 0.845. The van der Waals surface area contributed by atoms with Gasteiger partial charge in [0.1, 0.15) is 10.4 Å². The summed E-state index contributed by atoms with van der Waals surface area (Å²) in [6.45, 7) is 5.65. The van der Waals surface area contributed by atoms with Crippen LogP contribution in [0, 0.1) is 20.8 Å². The molecule has 2 rings (SSSR count). The van der Waals surface area contributed by atoms with Gasteiger partial charge in [0.25, 0.3) is 5.56 Å². The number of anilines is 1. The lowest BCUT2D eigenvalue weighted by atomic mass is 10.1. The summed E-state index contributed by atoms with van der Waals surface area (Å²) >= 11 is 3.40. The fraction of sp³-hybridized carbons (Fsp3) is 0.333. The number of nitrogens with zero attached hydrogens (tertiary/aromatic N) is 3. The Morgan fingerprint density at radius 3 is 2.48 bits per heavy atom. The highest BCUT2D eigenvalue weighted by Crippen LogP contribution is 2.31. The van der Waals surface area contributed by atoms with E-state index in [9.17, 15) is 9.90 Å². The maximum absolute atomic E-state index is 12.4. The summed E-state index contributed by atoms with van der Waals surface area (Å²) in [5, 5.41) is 10.0. The van der Waals surface area contributed by atoms with Gasteiger partial charge >= 0.3 is 0 Å². The fourth-order valence-electron chi connectivity index (χ4n) is 2.59. The smallest absolute Gasteiger partial charge is 0.259 e. The summed E-state index contributed by atoms with van der Waals surface area (Å²) in [4.78, 5) is 18.4. The van der Waals surface area contributed by atoms with Crippen molar-refractivity contribution in [3.05, 3.63) is 44.0 Å². The molecule has 0 aromatic carbocycles. The monoisotopic (exact) mass is 351 g/mol. The van der Waals surface area contributed by atoms with E-state index in [4.69, 9.17) is 0 Å². The number of hydrogen-bond acceptors (Lipinski definition) is 4.